The summed E-state index contributed by atoms with van der Waals surface area (Å²) in [6.45, 7) is 5.71. The normalized spacial score (nSPS) is 11.7. The zero-order valence-electron chi connectivity index (χ0n) is 28.6. The van der Waals surface area contributed by atoms with Crippen LogP contribution in [0, 0.1) is 0 Å². The number of rotatable bonds is 16. The van der Waals surface area contributed by atoms with Crippen LogP contribution in [0.1, 0.15) is 5.56 Å². The molecule has 0 spiro atoms. The molecule has 8 nitrogen and oxygen atoms in total. The van der Waals surface area contributed by atoms with Crippen LogP contribution in [-0.2, 0) is 6.54 Å². The van der Waals surface area contributed by atoms with Crippen LogP contribution in [0.5, 0.6) is 0 Å². The average Bonchev–Trinajstić information content (AvgIpc) is 3.12. The van der Waals surface area contributed by atoms with Crippen LogP contribution in [0.15, 0.2) is 142 Å². The van der Waals surface area contributed by atoms with Crippen LogP contribution in [-0.4, -0.2) is 46.2 Å². The molecule has 1 heterocycles. The van der Waals surface area contributed by atoms with Crippen molar-refractivity contribution in [1.82, 2.24) is 0 Å². The highest BCUT2D eigenvalue weighted by Gasteiger charge is 2.12. The van der Waals surface area contributed by atoms with E-state index in [2.05, 4.69) is 101 Å². The van der Waals surface area contributed by atoms with E-state index in [9.17, 15) is 0 Å². The number of hydrogen-bond donors (Lipinski definition) is 1. The zero-order chi connectivity index (χ0) is 34.4. The minimum absolute atomic E-state index is 0.821. The minimum Gasteiger partial charge on any atom is -0.378 e. The lowest BCUT2D eigenvalue weighted by Gasteiger charge is -2.11. The molecule has 0 aliphatic carbocycles. The summed E-state index contributed by atoms with van der Waals surface area (Å²) in [6.07, 6.45) is 7.93. The number of benzene rings is 4. The average molecular weight is 689 g/mol. The molecule has 5 aromatic rings. The molecule has 0 saturated heterocycles. The predicted molar refractivity (Wildman–Crippen MR) is 211 cm³/mol. The Labute approximate surface area is 297 Å². The van der Waals surface area contributed by atoms with Gasteiger partial charge in [-0.05, 0) is 78.9 Å². The molecule has 0 unspecified atom stereocenters. The van der Waals surface area contributed by atoms with E-state index >= 15 is 0 Å². The molecule has 0 radical (unpaired) electrons. The zero-order valence-corrected chi connectivity index (χ0v) is 30.2. The summed E-state index contributed by atoms with van der Waals surface area (Å²) in [7, 11) is 11.9. The van der Waals surface area contributed by atoms with Crippen molar-refractivity contribution in [2.75, 3.05) is 56.0 Å². The van der Waals surface area contributed by atoms with E-state index in [0.29, 0.717) is 0 Å². The molecule has 5 rings (SSSR count). The summed E-state index contributed by atoms with van der Waals surface area (Å²) in [5.74, 6) is 2.01. The van der Waals surface area contributed by atoms with E-state index < -0.39 is 0 Å². The van der Waals surface area contributed by atoms with Gasteiger partial charge in [-0.1, -0.05) is 52.5 Å². The molecule has 0 fully saturated rings. The highest BCUT2D eigenvalue weighted by Crippen LogP contribution is 2.30. The molecule has 0 bridgehead atoms. The highest BCUT2D eigenvalue weighted by molar-refractivity contribution is 8.76. The first-order valence-corrected chi connectivity index (χ1v) is 18.7. The van der Waals surface area contributed by atoms with E-state index in [-0.39, 0.29) is 0 Å². The maximum absolute atomic E-state index is 4.60. The number of allylic oxidation sites excluding steroid dienone is 2. The number of azo groups is 2. The van der Waals surface area contributed by atoms with Crippen molar-refractivity contribution in [3.8, 4) is 0 Å². The lowest BCUT2D eigenvalue weighted by atomic mass is 10.1. The number of anilines is 2. The first kappa shape index (κ1) is 35.5. The van der Waals surface area contributed by atoms with E-state index in [0.717, 1.165) is 80.9 Å². The fourth-order valence-corrected chi connectivity index (χ4v) is 7.06. The second-order valence-corrected chi connectivity index (χ2v) is 14.3. The van der Waals surface area contributed by atoms with Gasteiger partial charge < -0.3 is 15.1 Å². The second-order valence-electron chi connectivity index (χ2n) is 11.6. The summed E-state index contributed by atoms with van der Waals surface area (Å²) in [6, 6.07) is 32.8. The number of pyridine rings is 1. The smallest absolute Gasteiger partial charge is 0.214 e. The molecule has 4 aromatic carbocycles. The third-order valence-electron chi connectivity index (χ3n) is 7.76. The molecule has 10 heteroatoms. The topological polar surface area (TPSA) is 76.4 Å². The van der Waals surface area contributed by atoms with Gasteiger partial charge in [0.1, 0.15) is 5.69 Å². The van der Waals surface area contributed by atoms with Gasteiger partial charge in [0.25, 0.3) is 0 Å². The van der Waals surface area contributed by atoms with Crippen LogP contribution >= 0.6 is 21.6 Å². The Balaban J connectivity index is 1.13. The van der Waals surface area contributed by atoms with Crippen molar-refractivity contribution >= 4 is 78.4 Å². The summed E-state index contributed by atoms with van der Waals surface area (Å²) < 4.78 is 2.30. The summed E-state index contributed by atoms with van der Waals surface area (Å²) in [4.78, 5) is 4.14. The molecule has 250 valence electrons. The molecule has 0 aliphatic rings. The van der Waals surface area contributed by atoms with Gasteiger partial charge in [-0.3, -0.25) is 0 Å². The second kappa shape index (κ2) is 18.1. The third kappa shape index (κ3) is 10.1. The van der Waals surface area contributed by atoms with Gasteiger partial charge >= 0.3 is 0 Å². The van der Waals surface area contributed by atoms with Crippen molar-refractivity contribution in [3.05, 3.63) is 128 Å². The minimum atomic E-state index is 0.821. The fraction of sp³-hybridized carbons (Fsp3) is 0.205. The van der Waals surface area contributed by atoms with Crippen molar-refractivity contribution in [1.29, 1.82) is 0 Å². The van der Waals surface area contributed by atoms with Gasteiger partial charge in [-0.25, -0.2) is 0 Å². The molecule has 49 heavy (non-hydrogen) atoms. The summed E-state index contributed by atoms with van der Waals surface area (Å²) in [5.41, 5.74) is 8.97. The largest absolute Gasteiger partial charge is 0.378 e. The quantitative estimate of drug-likeness (QED) is 0.0280. The Morgan fingerprint density at radius 2 is 1.31 bits per heavy atom. The molecule has 0 aliphatic heterocycles. The lowest BCUT2D eigenvalue weighted by molar-refractivity contribution is -0.666. The first-order chi connectivity index (χ1) is 23.9. The van der Waals surface area contributed by atoms with Crippen molar-refractivity contribution < 1.29 is 9.88 Å². The van der Waals surface area contributed by atoms with Gasteiger partial charge in [0.05, 0.1) is 51.7 Å². The third-order valence-corrected chi connectivity index (χ3v) is 10.2. The number of fused-ring (bicyclic) bond motifs is 1. The Hall–Kier alpha value is -4.77. The van der Waals surface area contributed by atoms with Crippen LogP contribution in [0.25, 0.3) is 17.0 Å². The SMILES string of the molecule is C=C/C=C\c1c(N=Nc2ccc(N(C)C)cc2)cccc1[NH2+]CCSSCC[n+]1cccc2c(N=Nc3ccc(N(C)C)cc3)cccc21. The molecule has 0 atom stereocenters. The Bertz CT molecular complexity index is 1920. The Morgan fingerprint density at radius 3 is 1.96 bits per heavy atom. The van der Waals surface area contributed by atoms with Crippen LogP contribution in [0.4, 0.5) is 39.8 Å². The number of quaternary nitrogens is 1. The standard InChI is InChI=1S/C39H43N8S2/c1-6-7-11-34-36(13-8-14-37(34)43-41-30-17-21-32(22-18-30)45(2)3)40-25-28-48-49-29-27-47-26-10-12-35-38(15-9-16-39(35)47)44-42-31-19-23-33(24-20-31)46(4)5/h6-24,26,40H,1,25,27-29H2,2-5H3/q+1/p+1/b11-7-,43-41?. The van der Waals surface area contributed by atoms with Gasteiger partial charge in [0.2, 0.25) is 5.52 Å². The maximum atomic E-state index is 4.60. The van der Waals surface area contributed by atoms with Gasteiger partial charge in [-0.2, -0.15) is 14.8 Å². The van der Waals surface area contributed by atoms with Crippen LogP contribution in [0.2, 0.25) is 0 Å². The van der Waals surface area contributed by atoms with Gasteiger partial charge in [-0.15, -0.1) is 10.2 Å². The molecular formula is C39H44N8S2+2. The van der Waals surface area contributed by atoms with E-state index in [1.54, 1.807) is 6.08 Å². The lowest BCUT2D eigenvalue weighted by Crippen LogP contribution is -2.79. The van der Waals surface area contributed by atoms with Gasteiger partial charge in [0, 0.05) is 51.7 Å². The van der Waals surface area contributed by atoms with Crippen molar-refractivity contribution in [2.45, 2.75) is 6.54 Å². The van der Waals surface area contributed by atoms with E-state index in [1.807, 2.05) is 110 Å². The number of nitrogens with zero attached hydrogens (tertiary/aromatic N) is 7. The van der Waals surface area contributed by atoms with Crippen molar-refractivity contribution in [3.63, 3.8) is 0 Å². The van der Waals surface area contributed by atoms with Crippen LogP contribution in [0.3, 0.4) is 0 Å². The number of hydrogen-bond acceptors (Lipinski definition) is 8. The highest BCUT2D eigenvalue weighted by atomic mass is 33.1. The molecule has 2 N–H and O–H groups in total. The predicted octanol–water partition coefficient (Wildman–Crippen LogP) is 9.57. The van der Waals surface area contributed by atoms with E-state index in [4.69, 9.17) is 0 Å². The van der Waals surface area contributed by atoms with Crippen molar-refractivity contribution in [2.24, 2.45) is 20.5 Å². The monoisotopic (exact) mass is 688 g/mol. The number of aryl methyl sites for hydroxylation is 1. The molecular weight excluding hydrogens is 645 g/mol. The summed E-state index contributed by atoms with van der Waals surface area (Å²) >= 11 is 0. The van der Waals surface area contributed by atoms with E-state index in [1.165, 1.54) is 0 Å². The van der Waals surface area contributed by atoms with Crippen LogP contribution < -0.4 is 19.7 Å². The fourth-order valence-electron chi connectivity index (χ4n) is 5.12. The number of aromatic nitrogens is 1. The Kier molecular flexibility index (Phi) is 13.1. The first-order valence-electron chi connectivity index (χ1n) is 16.2. The Morgan fingerprint density at radius 1 is 0.694 bits per heavy atom. The number of nitrogens with two attached hydrogens (primary N) is 1. The maximum Gasteiger partial charge on any atom is 0.214 e. The molecule has 0 saturated carbocycles. The molecule has 1 aromatic heterocycles. The summed E-state index contributed by atoms with van der Waals surface area (Å²) in [5, 5.41) is 21.6. The van der Waals surface area contributed by atoms with Gasteiger partial charge in [0.15, 0.2) is 12.7 Å². The molecule has 0 amide bonds.